The number of halogens is 1. The van der Waals surface area contributed by atoms with Crippen molar-refractivity contribution in [1.29, 1.82) is 0 Å². The number of aromatic nitrogens is 1. The van der Waals surface area contributed by atoms with Crippen molar-refractivity contribution in [3.63, 3.8) is 0 Å². The average Bonchev–Trinajstić information content (AvgIpc) is 2.91. The Labute approximate surface area is 143 Å². The molecule has 2 N–H and O–H groups in total. The Hall–Kier alpha value is -1.48. The number of nitrogens with one attached hydrogen (secondary N) is 1. The molecule has 6 nitrogen and oxygen atoms in total. The van der Waals surface area contributed by atoms with Crippen LogP contribution in [0.3, 0.4) is 0 Å². The molecule has 0 saturated heterocycles. The van der Waals surface area contributed by atoms with E-state index in [9.17, 15) is 13.2 Å². The molecular formula is C14H15ClN2O4S2. The lowest BCUT2D eigenvalue weighted by molar-refractivity contribution is -0.136. The molecule has 0 atom stereocenters. The molecule has 2 rings (SSSR count). The highest BCUT2D eigenvalue weighted by molar-refractivity contribution is 7.89. The van der Waals surface area contributed by atoms with E-state index in [-0.39, 0.29) is 17.9 Å². The monoisotopic (exact) mass is 374 g/mol. The number of sulfonamides is 1. The zero-order valence-corrected chi connectivity index (χ0v) is 14.4. The third-order valence-electron chi connectivity index (χ3n) is 2.92. The molecule has 0 bridgehead atoms. The largest absolute Gasteiger partial charge is 0.481 e. The van der Waals surface area contributed by atoms with Gasteiger partial charge < -0.3 is 5.11 Å². The molecule has 2 aromatic rings. The predicted octanol–water partition coefficient (Wildman–Crippen LogP) is 2.33. The molecule has 0 unspecified atom stereocenters. The van der Waals surface area contributed by atoms with E-state index in [0.717, 1.165) is 5.01 Å². The van der Waals surface area contributed by atoms with Crippen LogP contribution in [-0.2, 0) is 27.7 Å². The molecule has 23 heavy (non-hydrogen) atoms. The van der Waals surface area contributed by atoms with Crippen LogP contribution in [0.4, 0.5) is 0 Å². The van der Waals surface area contributed by atoms with Gasteiger partial charge in [0.2, 0.25) is 10.0 Å². The lowest BCUT2D eigenvalue weighted by atomic mass is 10.3. The second-order valence-electron chi connectivity index (χ2n) is 4.76. The number of aryl methyl sites for hydroxylation is 1. The van der Waals surface area contributed by atoms with Crippen molar-refractivity contribution in [3.8, 4) is 0 Å². The summed E-state index contributed by atoms with van der Waals surface area (Å²) in [6, 6.07) is 5.94. The van der Waals surface area contributed by atoms with E-state index in [4.69, 9.17) is 16.7 Å². The number of carbonyl (C=O) groups is 1. The summed E-state index contributed by atoms with van der Waals surface area (Å²) in [5.41, 5.74) is 0.527. The fraction of sp³-hybridized carbons (Fsp3) is 0.286. The highest BCUT2D eigenvalue weighted by Gasteiger charge is 2.13. The third kappa shape index (κ3) is 5.58. The average molecular weight is 375 g/mol. The van der Waals surface area contributed by atoms with Gasteiger partial charge in [-0.2, -0.15) is 0 Å². The lowest BCUT2D eigenvalue weighted by Gasteiger charge is -2.06. The first-order chi connectivity index (χ1) is 10.9. The molecular weight excluding hydrogens is 360 g/mol. The predicted molar refractivity (Wildman–Crippen MR) is 88.4 cm³/mol. The van der Waals surface area contributed by atoms with Gasteiger partial charge in [0.1, 0.15) is 0 Å². The normalized spacial score (nSPS) is 11.5. The van der Waals surface area contributed by atoms with Crippen LogP contribution < -0.4 is 4.72 Å². The molecule has 9 heteroatoms. The van der Waals surface area contributed by atoms with Gasteiger partial charge in [-0.3, -0.25) is 4.79 Å². The Balaban J connectivity index is 1.81. The number of nitrogens with zero attached hydrogens (tertiary/aromatic N) is 1. The number of thiazole rings is 1. The maximum Gasteiger partial charge on any atom is 0.309 e. The van der Waals surface area contributed by atoms with E-state index >= 15 is 0 Å². The summed E-state index contributed by atoms with van der Waals surface area (Å²) in [5, 5.41) is 11.7. The summed E-state index contributed by atoms with van der Waals surface area (Å²) in [6.45, 7) is 0.277. The minimum atomic E-state index is -3.55. The van der Waals surface area contributed by atoms with Crippen molar-refractivity contribution in [2.24, 2.45) is 0 Å². The zero-order chi connectivity index (χ0) is 16.9. The lowest BCUT2D eigenvalue weighted by Crippen LogP contribution is -2.25. The van der Waals surface area contributed by atoms with Gasteiger partial charge in [-0.05, 0) is 30.7 Å². The Kier molecular flexibility index (Phi) is 6.11. The quantitative estimate of drug-likeness (QED) is 0.691. The number of hydrogen-bond acceptors (Lipinski definition) is 5. The molecule has 1 aromatic carbocycles. The molecule has 0 aliphatic heterocycles. The van der Waals surface area contributed by atoms with Crippen LogP contribution in [0.1, 0.15) is 17.1 Å². The second-order valence-corrected chi connectivity index (χ2v) is 7.90. The van der Waals surface area contributed by atoms with Gasteiger partial charge in [0, 0.05) is 23.4 Å². The van der Waals surface area contributed by atoms with Gasteiger partial charge in [-0.1, -0.05) is 11.6 Å². The van der Waals surface area contributed by atoms with Crippen molar-refractivity contribution in [2.45, 2.75) is 24.2 Å². The number of hydrogen-bond donors (Lipinski definition) is 2. The van der Waals surface area contributed by atoms with Crippen LogP contribution in [0, 0.1) is 0 Å². The smallest absolute Gasteiger partial charge is 0.309 e. The number of carboxylic acids is 1. The van der Waals surface area contributed by atoms with E-state index in [1.54, 1.807) is 5.38 Å². The SMILES string of the molecule is O=C(O)Cc1csc(CCCNS(=O)(=O)c2ccc(Cl)cc2)n1. The molecule has 1 aromatic heterocycles. The van der Waals surface area contributed by atoms with Crippen molar-refractivity contribution in [3.05, 3.63) is 45.4 Å². The molecule has 1 heterocycles. The minimum Gasteiger partial charge on any atom is -0.481 e. The van der Waals surface area contributed by atoms with Gasteiger partial charge >= 0.3 is 5.97 Å². The maximum atomic E-state index is 12.0. The van der Waals surface area contributed by atoms with Crippen LogP contribution in [0.5, 0.6) is 0 Å². The Bertz CT molecular complexity index is 772. The molecule has 0 aliphatic carbocycles. The van der Waals surface area contributed by atoms with Crippen molar-refractivity contribution < 1.29 is 18.3 Å². The summed E-state index contributed by atoms with van der Waals surface area (Å²) < 4.78 is 26.6. The summed E-state index contributed by atoms with van der Waals surface area (Å²) >= 11 is 7.11. The van der Waals surface area contributed by atoms with E-state index in [2.05, 4.69) is 9.71 Å². The van der Waals surface area contributed by atoms with Gasteiger partial charge in [0.25, 0.3) is 0 Å². The molecule has 124 valence electrons. The second kappa shape index (κ2) is 7.87. The number of carboxylic acid groups (broad SMARTS) is 1. The molecule has 0 fully saturated rings. The van der Waals surface area contributed by atoms with E-state index < -0.39 is 16.0 Å². The Morgan fingerprint density at radius 3 is 2.65 bits per heavy atom. The van der Waals surface area contributed by atoms with E-state index in [1.165, 1.54) is 35.6 Å². The van der Waals surface area contributed by atoms with Gasteiger partial charge in [0.15, 0.2) is 0 Å². The standard InChI is InChI=1S/C14H15ClN2O4S2/c15-10-3-5-12(6-4-10)23(20,21)16-7-1-2-13-17-11(9-22-13)8-14(18)19/h3-6,9,16H,1-2,7-8H2,(H,18,19). The van der Waals surface area contributed by atoms with Gasteiger partial charge in [-0.15, -0.1) is 11.3 Å². The number of aliphatic carboxylic acids is 1. The minimum absolute atomic E-state index is 0.0975. The fourth-order valence-electron chi connectivity index (χ4n) is 1.84. The van der Waals surface area contributed by atoms with Crippen molar-refractivity contribution in [2.75, 3.05) is 6.54 Å². The first-order valence-corrected chi connectivity index (χ1v) is 9.51. The molecule has 0 saturated carbocycles. The summed E-state index contributed by atoms with van der Waals surface area (Å²) in [5.74, 6) is -0.919. The van der Waals surface area contributed by atoms with Crippen LogP contribution in [0.15, 0.2) is 34.5 Å². The topological polar surface area (TPSA) is 96.4 Å². The first-order valence-electron chi connectivity index (χ1n) is 6.77. The first kappa shape index (κ1) is 17.9. The maximum absolute atomic E-state index is 12.0. The summed E-state index contributed by atoms with van der Waals surface area (Å²) in [4.78, 5) is 14.9. The highest BCUT2D eigenvalue weighted by Crippen LogP contribution is 2.15. The summed E-state index contributed by atoms with van der Waals surface area (Å²) in [6.07, 6.45) is 1.07. The fourth-order valence-corrected chi connectivity index (χ4v) is 3.88. The van der Waals surface area contributed by atoms with Gasteiger partial charge in [-0.25, -0.2) is 18.1 Å². The van der Waals surface area contributed by atoms with Gasteiger partial charge in [0.05, 0.1) is 22.0 Å². The van der Waals surface area contributed by atoms with Crippen molar-refractivity contribution in [1.82, 2.24) is 9.71 Å². The number of rotatable bonds is 8. The third-order valence-corrected chi connectivity index (χ3v) is 5.60. The van der Waals surface area contributed by atoms with Crippen molar-refractivity contribution >= 4 is 38.9 Å². The Morgan fingerprint density at radius 2 is 2.00 bits per heavy atom. The number of benzene rings is 1. The van der Waals surface area contributed by atoms with Crippen LogP contribution in [0.2, 0.25) is 5.02 Å². The molecule has 0 spiro atoms. The Morgan fingerprint density at radius 1 is 1.30 bits per heavy atom. The molecule has 0 aliphatic rings. The highest BCUT2D eigenvalue weighted by atomic mass is 35.5. The van der Waals surface area contributed by atoms with Crippen LogP contribution >= 0.6 is 22.9 Å². The molecule has 0 amide bonds. The zero-order valence-electron chi connectivity index (χ0n) is 12.0. The van der Waals surface area contributed by atoms with E-state index in [1.807, 2.05) is 0 Å². The van der Waals surface area contributed by atoms with Crippen LogP contribution in [-0.4, -0.2) is 31.0 Å². The molecule has 0 radical (unpaired) electrons. The summed E-state index contributed by atoms with van der Waals surface area (Å²) in [7, 11) is -3.55. The van der Waals surface area contributed by atoms with Crippen LogP contribution in [0.25, 0.3) is 0 Å². The van der Waals surface area contributed by atoms with E-state index in [0.29, 0.717) is 23.6 Å².